The molecule has 2 aromatic heterocycles. The summed E-state index contributed by atoms with van der Waals surface area (Å²) in [6, 6.07) is 59.1. The highest BCUT2D eigenvalue weighted by Gasteiger charge is 2.19. The fourth-order valence-corrected chi connectivity index (χ4v) is 11.7. The van der Waals surface area contributed by atoms with E-state index in [9.17, 15) is 0 Å². The molecule has 0 aliphatic rings. The predicted octanol–water partition coefficient (Wildman–Crippen LogP) is 17.5. The number of hydrogen-bond acceptors (Lipinski definition) is 4. The minimum absolute atomic E-state index is 1.16. The molecule has 290 valence electrons. The topological polar surface area (TPSA) is 6.48 Å². The Hall–Kier alpha value is -6.46. The Morgan fingerprint density at radius 1 is 0.317 bits per heavy atom. The van der Waals surface area contributed by atoms with Crippen LogP contribution in [0.5, 0.6) is 0 Å². The molecule has 11 aromatic rings. The van der Waals surface area contributed by atoms with Crippen LogP contribution in [0.1, 0.15) is 33.4 Å². The molecular weight excluding hydrogens is 765 g/mol. The van der Waals surface area contributed by atoms with E-state index in [1.165, 1.54) is 107 Å². The lowest BCUT2D eigenvalue weighted by atomic mass is 10.0. The highest BCUT2D eigenvalue weighted by molar-refractivity contribution is 7.29. The molecule has 0 saturated carbocycles. The summed E-state index contributed by atoms with van der Waals surface area (Å²) in [5.74, 6) is 0. The van der Waals surface area contributed by atoms with Crippen LogP contribution in [-0.2, 0) is 0 Å². The van der Waals surface area contributed by atoms with Crippen molar-refractivity contribution in [2.75, 3.05) is 9.80 Å². The van der Waals surface area contributed by atoms with Crippen molar-refractivity contribution in [3.05, 3.63) is 191 Å². The Kier molecular flexibility index (Phi) is 8.59. The second-order valence-corrected chi connectivity index (χ2v) is 18.7. The maximum absolute atomic E-state index is 2.43. The molecule has 11 rings (SSSR count). The lowest BCUT2D eigenvalue weighted by Gasteiger charge is -2.27. The molecule has 0 fully saturated rings. The molecule has 4 heteroatoms. The summed E-state index contributed by atoms with van der Waals surface area (Å²) in [6.45, 7) is 13.3. The van der Waals surface area contributed by atoms with Gasteiger partial charge in [0.1, 0.15) is 0 Å². The molecule has 0 aliphatic carbocycles. The van der Waals surface area contributed by atoms with Crippen LogP contribution in [0.2, 0.25) is 0 Å². The average molecular weight is 809 g/mol. The van der Waals surface area contributed by atoms with E-state index in [-0.39, 0.29) is 0 Å². The standard InChI is InChI=1S/C56H44N2S2/c1-33-23-47(24-34(2)37(33)5)57(43-13-9-7-10-14-43)45-19-17-39-29-50-49-21-22-52-55(56(49)60-53(50)31-41(39)27-45)51-30-40-18-20-46(28-42(40)32-54(51)59-52)58(44-15-11-8-12-16-44)48-25-35(3)38(6)36(4)26-48/h7-32H,1-6H3. The largest absolute Gasteiger partial charge is 0.310 e. The van der Waals surface area contributed by atoms with Gasteiger partial charge in [0.2, 0.25) is 0 Å². The summed E-state index contributed by atoms with van der Waals surface area (Å²) in [7, 11) is 0. The lowest BCUT2D eigenvalue weighted by molar-refractivity contribution is 1.22. The van der Waals surface area contributed by atoms with Gasteiger partial charge in [0.25, 0.3) is 0 Å². The SMILES string of the molecule is Cc1cc(N(c2ccccc2)c2ccc3cc4c(cc3c2)sc2c4ccc3sc4cc5cc(N(c6ccccc6)c6cc(C)c(C)c(C)c6)ccc5cc4c32)cc(C)c1C. The average Bonchev–Trinajstić information content (AvgIpc) is 3.80. The van der Waals surface area contributed by atoms with Crippen LogP contribution >= 0.6 is 22.7 Å². The number of hydrogen-bond donors (Lipinski definition) is 0. The first-order valence-electron chi connectivity index (χ1n) is 20.7. The van der Waals surface area contributed by atoms with Gasteiger partial charge in [-0.3, -0.25) is 0 Å². The number of para-hydroxylation sites is 2. The van der Waals surface area contributed by atoms with Crippen molar-refractivity contribution in [3.63, 3.8) is 0 Å². The van der Waals surface area contributed by atoms with Crippen molar-refractivity contribution in [2.45, 2.75) is 41.5 Å². The molecule has 0 aliphatic heterocycles. The number of aryl methyl sites for hydroxylation is 4. The summed E-state index contributed by atoms with van der Waals surface area (Å²) < 4.78 is 5.36. The van der Waals surface area contributed by atoms with Crippen molar-refractivity contribution in [1.82, 2.24) is 0 Å². The second-order valence-electron chi connectivity index (χ2n) is 16.5. The van der Waals surface area contributed by atoms with E-state index in [2.05, 4.69) is 209 Å². The Bertz CT molecular complexity index is 3460. The van der Waals surface area contributed by atoms with Crippen LogP contribution in [-0.4, -0.2) is 0 Å². The maximum Gasteiger partial charge on any atom is 0.0468 e. The summed E-state index contributed by atoms with van der Waals surface area (Å²) in [6.07, 6.45) is 0. The Morgan fingerprint density at radius 3 is 1.28 bits per heavy atom. The minimum Gasteiger partial charge on any atom is -0.310 e. The molecule has 0 amide bonds. The van der Waals surface area contributed by atoms with Crippen molar-refractivity contribution in [1.29, 1.82) is 0 Å². The zero-order valence-corrected chi connectivity index (χ0v) is 36.4. The fraction of sp³-hybridized carbons (Fsp3) is 0.107. The highest BCUT2D eigenvalue weighted by atomic mass is 32.1. The monoisotopic (exact) mass is 808 g/mol. The first-order chi connectivity index (χ1) is 29.2. The first kappa shape index (κ1) is 36.6. The van der Waals surface area contributed by atoms with E-state index in [0.29, 0.717) is 0 Å². The predicted molar refractivity (Wildman–Crippen MR) is 265 cm³/mol. The van der Waals surface area contributed by atoms with Gasteiger partial charge in [-0.05, 0) is 200 Å². The van der Waals surface area contributed by atoms with Gasteiger partial charge in [0, 0.05) is 74.5 Å². The Morgan fingerprint density at radius 2 is 0.783 bits per heavy atom. The van der Waals surface area contributed by atoms with Crippen LogP contribution in [0.25, 0.3) is 61.9 Å². The zero-order valence-electron chi connectivity index (χ0n) is 34.7. The minimum atomic E-state index is 1.16. The van der Waals surface area contributed by atoms with E-state index in [0.717, 1.165) is 22.7 Å². The van der Waals surface area contributed by atoms with Crippen LogP contribution in [0.15, 0.2) is 158 Å². The molecule has 0 N–H and O–H groups in total. The van der Waals surface area contributed by atoms with Gasteiger partial charge >= 0.3 is 0 Å². The smallest absolute Gasteiger partial charge is 0.0468 e. The van der Waals surface area contributed by atoms with E-state index in [1.807, 2.05) is 22.7 Å². The molecule has 2 nitrogen and oxygen atoms in total. The molecule has 0 spiro atoms. The summed E-state index contributed by atoms with van der Waals surface area (Å²) in [5.41, 5.74) is 14.9. The molecule has 0 radical (unpaired) electrons. The Balaban J connectivity index is 1.04. The van der Waals surface area contributed by atoms with Crippen LogP contribution in [0.4, 0.5) is 34.1 Å². The molecule has 0 bridgehead atoms. The third kappa shape index (κ3) is 5.97. The number of anilines is 6. The van der Waals surface area contributed by atoms with Gasteiger partial charge in [-0.15, -0.1) is 22.7 Å². The fourth-order valence-electron chi connectivity index (χ4n) is 9.16. The molecular formula is C56H44N2S2. The van der Waals surface area contributed by atoms with E-state index in [1.54, 1.807) is 0 Å². The summed E-state index contributed by atoms with van der Waals surface area (Å²) in [5, 5.41) is 10.4. The third-order valence-corrected chi connectivity index (χ3v) is 15.1. The van der Waals surface area contributed by atoms with E-state index in [4.69, 9.17) is 0 Å². The number of thiophene rings is 2. The zero-order chi connectivity index (χ0) is 40.8. The van der Waals surface area contributed by atoms with Gasteiger partial charge in [-0.25, -0.2) is 0 Å². The molecule has 9 aromatic carbocycles. The summed E-state index contributed by atoms with van der Waals surface area (Å²) >= 11 is 3.84. The van der Waals surface area contributed by atoms with Crippen molar-refractivity contribution in [2.24, 2.45) is 0 Å². The van der Waals surface area contributed by atoms with Gasteiger partial charge < -0.3 is 9.80 Å². The molecule has 60 heavy (non-hydrogen) atoms. The third-order valence-electron chi connectivity index (χ3n) is 12.8. The van der Waals surface area contributed by atoms with E-state index < -0.39 is 0 Å². The second kappa shape index (κ2) is 14.1. The van der Waals surface area contributed by atoms with Crippen LogP contribution < -0.4 is 9.80 Å². The van der Waals surface area contributed by atoms with Crippen molar-refractivity contribution >= 4 is 119 Å². The van der Waals surface area contributed by atoms with Gasteiger partial charge in [-0.2, -0.15) is 0 Å². The van der Waals surface area contributed by atoms with Gasteiger partial charge in [0.15, 0.2) is 0 Å². The number of benzene rings is 9. The Labute approximate surface area is 359 Å². The summed E-state index contributed by atoms with van der Waals surface area (Å²) in [4.78, 5) is 4.79. The maximum atomic E-state index is 2.43. The highest BCUT2D eigenvalue weighted by Crippen LogP contribution is 2.47. The molecule has 0 saturated heterocycles. The van der Waals surface area contributed by atoms with Crippen molar-refractivity contribution in [3.8, 4) is 0 Å². The molecule has 2 heterocycles. The van der Waals surface area contributed by atoms with Crippen LogP contribution in [0.3, 0.4) is 0 Å². The number of nitrogens with zero attached hydrogens (tertiary/aromatic N) is 2. The first-order valence-corrected chi connectivity index (χ1v) is 22.4. The molecule has 0 unspecified atom stereocenters. The van der Waals surface area contributed by atoms with Crippen LogP contribution in [0, 0.1) is 41.5 Å². The quantitative estimate of drug-likeness (QED) is 0.165. The van der Waals surface area contributed by atoms with Gasteiger partial charge in [0.05, 0.1) is 0 Å². The molecule has 0 atom stereocenters. The number of rotatable bonds is 6. The van der Waals surface area contributed by atoms with Crippen molar-refractivity contribution < 1.29 is 0 Å². The van der Waals surface area contributed by atoms with E-state index >= 15 is 0 Å². The lowest BCUT2D eigenvalue weighted by Crippen LogP contribution is -2.10. The number of fused-ring (bicyclic) bond motifs is 9. The van der Waals surface area contributed by atoms with Gasteiger partial charge in [-0.1, -0.05) is 54.6 Å². The normalized spacial score (nSPS) is 11.8.